The van der Waals surface area contributed by atoms with Crippen LogP contribution in [0.4, 0.5) is 11.4 Å². The summed E-state index contributed by atoms with van der Waals surface area (Å²) in [6.45, 7) is 1.93. The molecule has 0 atom stereocenters. The number of nitrogens with one attached hydrogen (secondary N) is 2. The number of rotatable bonds is 6. The van der Waals surface area contributed by atoms with Gasteiger partial charge in [0.1, 0.15) is 11.5 Å². The molecule has 4 aromatic rings. The molecule has 0 aliphatic heterocycles. The summed E-state index contributed by atoms with van der Waals surface area (Å²) in [7, 11) is 0. The highest BCUT2D eigenvalue weighted by Crippen LogP contribution is 2.34. The Balaban J connectivity index is 1.35. The predicted octanol–water partition coefficient (Wildman–Crippen LogP) is 7.47. The fourth-order valence-corrected chi connectivity index (χ4v) is 3.64. The van der Waals surface area contributed by atoms with E-state index in [0.717, 1.165) is 5.56 Å². The molecule has 0 fully saturated rings. The van der Waals surface area contributed by atoms with Gasteiger partial charge in [-0.15, -0.1) is 0 Å². The summed E-state index contributed by atoms with van der Waals surface area (Å²) in [5.41, 5.74) is 3.49. The highest BCUT2D eigenvalue weighted by atomic mass is 35.5. The van der Waals surface area contributed by atoms with Gasteiger partial charge in [0.05, 0.1) is 10.0 Å². The summed E-state index contributed by atoms with van der Waals surface area (Å²) >= 11 is 12.3. The molecule has 0 saturated carbocycles. The van der Waals surface area contributed by atoms with Crippen LogP contribution in [-0.2, 0) is 4.79 Å². The molecule has 1 aromatic heterocycles. The van der Waals surface area contributed by atoms with Gasteiger partial charge in [0.25, 0.3) is 5.91 Å². The number of hydrogen-bond acceptors (Lipinski definition) is 3. The van der Waals surface area contributed by atoms with Gasteiger partial charge < -0.3 is 15.1 Å². The second-order valence-corrected chi connectivity index (χ2v) is 8.31. The zero-order valence-electron chi connectivity index (χ0n) is 18.1. The number of benzene rings is 3. The van der Waals surface area contributed by atoms with Crippen LogP contribution in [0, 0.1) is 6.92 Å². The van der Waals surface area contributed by atoms with Crippen molar-refractivity contribution < 1.29 is 14.0 Å². The Labute approximate surface area is 207 Å². The molecule has 170 valence electrons. The van der Waals surface area contributed by atoms with Gasteiger partial charge in [0.15, 0.2) is 0 Å². The first-order valence-electron chi connectivity index (χ1n) is 10.4. The SMILES string of the molecule is Cc1cccc(C(=O)Nc2ccc(NC(=O)C=Cc3ccc(-c4cccc(Cl)c4Cl)o3)cc2)c1. The number of halogens is 2. The third-order valence-electron chi connectivity index (χ3n) is 4.93. The Hall–Kier alpha value is -3.80. The Morgan fingerprint density at radius 1 is 0.853 bits per heavy atom. The number of hydrogen-bond donors (Lipinski definition) is 2. The summed E-state index contributed by atoms with van der Waals surface area (Å²) in [6, 6.07) is 23.0. The maximum absolute atomic E-state index is 12.4. The summed E-state index contributed by atoms with van der Waals surface area (Å²) < 4.78 is 5.75. The maximum Gasteiger partial charge on any atom is 0.255 e. The Bertz CT molecular complexity index is 1370. The summed E-state index contributed by atoms with van der Waals surface area (Å²) in [5.74, 6) is 0.529. The molecule has 0 bridgehead atoms. The average molecular weight is 491 g/mol. The first-order valence-corrected chi connectivity index (χ1v) is 11.2. The van der Waals surface area contributed by atoms with Crippen molar-refractivity contribution in [3.8, 4) is 11.3 Å². The van der Waals surface area contributed by atoms with Gasteiger partial charge in [-0.1, -0.05) is 47.0 Å². The van der Waals surface area contributed by atoms with Crippen molar-refractivity contribution in [3.05, 3.63) is 112 Å². The normalized spacial score (nSPS) is 10.9. The quantitative estimate of drug-likeness (QED) is 0.275. The second-order valence-electron chi connectivity index (χ2n) is 7.53. The fraction of sp³-hybridized carbons (Fsp3) is 0.0370. The Morgan fingerprint density at radius 2 is 1.56 bits per heavy atom. The molecular formula is C27H20Cl2N2O3. The molecule has 34 heavy (non-hydrogen) atoms. The number of amides is 2. The smallest absolute Gasteiger partial charge is 0.255 e. The van der Waals surface area contributed by atoms with Crippen molar-refractivity contribution in [2.45, 2.75) is 6.92 Å². The lowest BCUT2D eigenvalue weighted by atomic mass is 10.1. The van der Waals surface area contributed by atoms with Crippen LogP contribution in [0.2, 0.25) is 10.0 Å². The van der Waals surface area contributed by atoms with Crippen LogP contribution in [-0.4, -0.2) is 11.8 Å². The van der Waals surface area contributed by atoms with E-state index in [2.05, 4.69) is 10.6 Å². The van der Waals surface area contributed by atoms with E-state index >= 15 is 0 Å². The van der Waals surface area contributed by atoms with Crippen molar-refractivity contribution in [2.75, 3.05) is 10.6 Å². The molecular weight excluding hydrogens is 471 g/mol. The van der Waals surface area contributed by atoms with Crippen molar-refractivity contribution in [1.82, 2.24) is 0 Å². The van der Waals surface area contributed by atoms with Gasteiger partial charge in [-0.05, 0) is 73.7 Å². The number of carbonyl (C=O) groups is 2. The minimum atomic E-state index is -0.324. The molecule has 3 aromatic carbocycles. The summed E-state index contributed by atoms with van der Waals surface area (Å²) in [5, 5.41) is 6.45. The van der Waals surface area contributed by atoms with Gasteiger partial charge in [0.2, 0.25) is 5.91 Å². The highest BCUT2D eigenvalue weighted by Gasteiger charge is 2.10. The van der Waals surface area contributed by atoms with Crippen molar-refractivity contribution in [1.29, 1.82) is 0 Å². The van der Waals surface area contributed by atoms with Crippen LogP contribution in [0.5, 0.6) is 0 Å². The third kappa shape index (κ3) is 5.76. The Morgan fingerprint density at radius 3 is 2.29 bits per heavy atom. The van der Waals surface area contributed by atoms with Gasteiger partial charge in [-0.3, -0.25) is 9.59 Å². The lowest BCUT2D eigenvalue weighted by Gasteiger charge is -2.07. The van der Waals surface area contributed by atoms with E-state index in [1.165, 1.54) is 6.08 Å². The zero-order chi connectivity index (χ0) is 24.1. The molecule has 2 amide bonds. The monoisotopic (exact) mass is 490 g/mol. The van der Waals surface area contributed by atoms with Crippen LogP contribution in [0.3, 0.4) is 0 Å². The Kier molecular flexibility index (Phi) is 7.16. The topological polar surface area (TPSA) is 71.3 Å². The lowest BCUT2D eigenvalue weighted by molar-refractivity contribution is -0.111. The minimum absolute atomic E-state index is 0.194. The molecule has 0 aliphatic rings. The van der Waals surface area contributed by atoms with E-state index in [1.54, 1.807) is 66.7 Å². The van der Waals surface area contributed by atoms with E-state index in [-0.39, 0.29) is 11.8 Å². The van der Waals surface area contributed by atoms with Crippen molar-refractivity contribution >= 4 is 52.5 Å². The van der Waals surface area contributed by atoms with E-state index in [0.29, 0.717) is 44.1 Å². The first-order chi connectivity index (χ1) is 16.4. The number of aryl methyl sites for hydroxylation is 1. The second kappa shape index (κ2) is 10.4. The molecule has 5 nitrogen and oxygen atoms in total. The molecule has 1 heterocycles. The number of carbonyl (C=O) groups excluding carboxylic acids is 2. The molecule has 0 spiro atoms. The molecule has 4 rings (SSSR count). The van der Waals surface area contributed by atoms with Gasteiger partial charge in [0, 0.05) is 28.6 Å². The molecule has 0 saturated heterocycles. The fourth-order valence-electron chi connectivity index (χ4n) is 3.25. The standard InChI is InChI=1S/C27H20Cl2N2O3/c1-17-4-2-5-18(16-17)27(33)31-20-10-8-19(9-11-20)30-25(32)15-13-21-12-14-24(34-21)22-6-3-7-23(28)26(22)29/h2-16H,1H3,(H,30,32)(H,31,33). The van der Waals surface area contributed by atoms with E-state index in [4.69, 9.17) is 27.6 Å². The third-order valence-corrected chi connectivity index (χ3v) is 5.75. The first kappa shape index (κ1) is 23.4. The van der Waals surface area contributed by atoms with Crippen LogP contribution in [0.15, 0.2) is 89.4 Å². The van der Waals surface area contributed by atoms with E-state index < -0.39 is 0 Å². The minimum Gasteiger partial charge on any atom is -0.457 e. The van der Waals surface area contributed by atoms with Crippen LogP contribution in [0.1, 0.15) is 21.7 Å². The molecule has 0 unspecified atom stereocenters. The lowest BCUT2D eigenvalue weighted by Crippen LogP contribution is -2.12. The maximum atomic E-state index is 12.4. The largest absolute Gasteiger partial charge is 0.457 e. The van der Waals surface area contributed by atoms with Crippen molar-refractivity contribution in [3.63, 3.8) is 0 Å². The van der Waals surface area contributed by atoms with E-state index in [1.807, 2.05) is 25.1 Å². The van der Waals surface area contributed by atoms with E-state index in [9.17, 15) is 9.59 Å². The van der Waals surface area contributed by atoms with Gasteiger partial charge in [-0.2, -0.15) is 0 Å². The number of anilines is 2. The summed E-state index contributed by atoms with van der Waals surface area (Å²) in [6.07, 6.45) is 2.93. The highest BCUT2D eigenvalue weighted by molar-refractivity contribution is 6.43. The van der Waals surface area contributed by atoms with Crippen LogP contribution >= 0.6 is 23.2 Å². The average Bonchev–Trinajstić information content (AvgIpc) is 3.29. The zero-order valence-corrected chi connectivity index (χ0v) is 19.7. The number of furan rings is 1. The summed E-state index contributed by atoms with van der Waals surface area (Å²) in [4.78, 5) is 24.7. The van der Waals surface area contributed by atoms with Crippen LogP contribution < -0.4 is 10.6 Å². The van der Waals surface area contributed by atoms with Crippen molar-refractivity contribution in [2.24, 2.45) is 0 Å². The molecule has 0 radical (unpaired) electrons. The molecule has 7 heteroatoms. The van der Waals surface area contributed by atoms with Gasteiger partial charge in [-0.25, -0.2) is 0 Å². The molecule has 0 aliphatic carbocycles. The molecule has 2 N–H and O–H groups in total. The van der Waals surface area contributed by atoms with Crippen LogP contribution in [0.25, 0.3) is 17.4 Å². The van der Waals surface area contributed by atoms with Gasteiger partial charge >= 0.3 is 0 Å². The predicted molar refractivity (Wildman–Crippen MR) is 137 cm³/mol.